The van der Waals surface area contributed by atoms with Crippen LogP contribution in [0.4, 0.5) is 11.4 Å². The predicted octanol–water partition coefficient (Wildman–Crippen LogP) is 5.44. The number of ether oxygens (including phenoxy) is 1. The Morgan fingerprint density at radius 3 is 2.68 bits per heavy atom. The number of pyridine rings is 1. The van der Waals surface area contributed by atoms with Gasteiger partial charge in [0.2, 0.25) is 0 Å². The molecule has 9 heteroatoms. The molecule has 3 heterocycles. The lowest BCUT2D eigenvalue weighted by molar-refractivity contribution is -0.384. The van der Waals surface area contributed by atoms with Gasteiger partial charge in [0.25, 0.3) is 5.69 Å². The van der Waals surface area contributed by atoms with E-state index in [-0.39, 0.29) is 17.8 Å². The second-order valence-corrected chi connectivity index (χ2v) is 8.06. The van der Waals surface area contributed by atoms with Gasteiger partial charge in [-0.05, 0) is 48.6 Å². The maximum absolute atomic E-state index is 11.2. The largest absolute Gasteiger partial charge is 0.495 e. The summed E-state index contributed by atoms with van der Waals surface area (Å²) in [6.45, 7) is 0. The minimum Gasteiger partial charge on any atom is -0.495 e. The Labute approximate surface area is 201 Å². The van der Waals surface area contributed by atoms with Crippen molar-refractivity contribution in [2.24, 2.45) is 0 Å². The standard InChI is InChI=1S/C25H20N4O4S/c1-32-21-11-3-2-10-19(21)28-24(23(27-25(28)34)18-9-4-5-14-26-18)22-13-12-20(33-22)16-7-6-8-17(15-16)29(30)31/h2-15,23-24H,1H3,(H,27,34)/t23-,24-/m1/s1. The van der Waals surface area contributed by atoms with Gasteiger partial charge in [0, 0.05) is 23.9 Å². The second kappa shape index (κ2) is 8.95. The zero-order valence-corrected chi connectivity index (χ0v) is 18.9. The number of non-ortho nitro benzene ring substituents is 1. The van der Waals surface area contributed by atoms with Crippen molar-refractivity contribution in [2.45, 2.75) is 12.1 Å². The Morgan fingerprint density at radius 2 is 1.91 bits per heavy atom. The van der Waals surface area contributed by atoms with Crippen LogP contribution in [-0.4, -0.2) is 22.1 Å². The molecule has 0 amide bonds. The van der Waals surface area contributed by atoms with Crippen molar-refractivity contribution in [3.05, 3.63) is 107 Å². The molecule has 1 N–H and O–H groups in total. The number of nitrogens with zero attached hydrogens (tertiary/aromatic N) is 3. The molecule has 0 radical (unpaired) electrons. The molecule has 8 nitrogen and oxygen atoms in total. The number of nitro benzene ring substituents is 1. The summed E-state index contributed by atoms with van der Waals surface area (Å²) in [5, 5.41) is 15.1. The molecular weight excluding hydrogens is 452 g/mol. The Kier molecular flexibility index (Phi) is 5.69. The third kappa shape index (κ3) is 3.86. The van der Waals surface area contributed by atoms with Crippen molar-refractivity contribution in [1.82, 2.24) is 10.3 Å². The predicted molar refractivity (Wildman–Crippen MR) is 132 cm³/mol. The van der Waals surface area contributed by atoms with Crippen LogP contribution in [0.5, 0.6) is 5.75 Å². The summed E-state index contributed by atoms with van der Waals surface area (Å²) in [5.41, 5.74) is 2.22. The first-order valence-electron chi connectivity index (χ1n) is 10.5. The molecule has 5 rings (SSSR count). The lowest BCUT2D eigenvalue weighted by atomic mass is 10.0. The zero-order chi connectivity index (χ0) is 23.7. The van der Waals surface area contributed by atoms with E-state index >= 15 is 0 Å². The highest BCUT2D eigenvalue weighted by Gasteiger charge is 2.43. The molecule has 2 aromatic carbocycles. The Balaban J connectivity index is 1.61. The molecule has 2 atom stereocenters. The first-order valence-corrected chi connectivity index (χ1v) is 11.0. The van der Waals surface area contributed by atoms with E-state index in [9.17, 15) is 10.1 Å². The fraction of sp³-hybridized carbons (Fsp3) is 0.120. The van der Waals surface area contributed by atoms with Crippen LogP contribution < -0.4 is 15.0 Å². The van der Waals surface area contributed by atoms with Crippen LogP contribution in [0.3, 0.4) is 0 Å². The number of rotatable bonds is 6. The molecular formula is C25H20N4O4S. The topological polar surface area (TPSA) is 93.7 Å². The summed E-state index contributed by atoms with van der Waals surface area (Å²) >= 11 is 5.75. The number of thiocarbonyl (C=S) groups is 1. The smallest absolute Gasteiger partial charge is 0.270 e. The number of hydrogen-bond donors (Lipinski definition) is 1. The van der Waals surface area contributed by atoms with Crippen molar-refractivity contribution in [1.29, 1.82) is 0 Å². The highest BCUT2D eigenvalue weighted by Crippen LogP contribution is 2.45. The van der Waals surface area contributed by atoms with Crippen LogP contribution in [0, 0.1) is 10.1 Å². The van der Waals surface area contributed by atoms with E-state index in [2.05, 4.69) is 10.3 Å². The van der Waals surface area contributed by atoms with E-state index in [1.165, 1.54) is 12.1 Å². The Morgan fingerprint density at radius 1 is 1.09 bits per heavy atom. The third-order valence-electron chi connectivity index (χ3n) is 5.70. The number of para-hydroxylation sites is 2. The van der Waals surface area contributed by atoms with E-state index in [1.807, 2.05) is 59.5 Å². The second-order valence-electron chi connectivity index (χ2n) is 7.68. The highest BCUT2D eigenvalue weighted by molar-refractivity contribution is 7.80. The molecule has 0 unspecified atom stereocenters. The zero-order valence-electron chi connectivity index (χ0n) is 18.1. The van der Waals surface area contributed by atoms with Gasteiger partial charge in [0.1, 0.15) is 23.3 Å². The molecule has 1 aliphatic heterocycles. The first kappa shape index (κ1) is 21.6. The average Bonchev–Trinajstić information content (AvgIpc) is 3.49. The number of hydrogen-bond acceptors (Lipinski definition) is 6. The van der Waals surface area contributed by atoms with Crippen LogP contribution in [0.15, 0.2) is 89.5 Å². The number of nitrogens with one attached hydrogen (secondary N) is 1. The minimum atomic E-state index is -0.423. The molecule has 4 aromatic rings. The Bertz CT molecular complexity index is 1360. The van der Waals surface area contributed by atoms with E-state index in [0.717, 1.165) is 11.4 Å². The normalized spacial score (nSPS) is 17.4. The van der Waals surface area contributed by atoms with E-state index < -0.39 is 4.92 Å². The fourth-order valence-corrected chi connectivity index (χ4v) is 4.51. The molecule has 0 spiro atoms. The van der Waals surface area contributed by atoms with Crippen LogP contribution in [0.25, 0.3) is 11.3 Å². The van der Waals surface area contributed by atoms with Crippen LogP contribution in [0.2, 0.25) is 0 Å². The number of aromatic nitrogens is 1. The maximum atomic E-state index is 11.2. The third-order valence-corrected chi connectivity index (χ3v) is 6.02. The molecule has 170 valence electrons. The van der Waals surface area contributed by atoms with Crippen molar-refractivity contribution >= 4 is 28.7 Å². The Hall–Kier alpha value is -4.24. The first-order chi connectivity index (χ1) is 16.6. The molecule has 1 aliphatic rings. The molecule has 0 bridgehead atoms. The van der Waals surface area contributed by atoms with Gasteiger partial charge in [0.05, 0.1) is 29.5 Å². The lowest BCUT2D eigenvalue weighted by Crippen LogP contribution is -2.29. The van der Waals surface area contributed by atoms with Crippen LogP contribution >= 0.6 is 12.2 Å². The van der Waals surface area contributed by atoms with Crippen molar-refractivity contribution in [2.75, 3.05) is 12.0 Å². The quantitative estimate of drug-likeness (QED) is 0.225. The summed E-state index contributed by atoms with van der Waals surface area (Å²) in [6.07, 6.45) is 1.74. The summed E-state index contributed by atoms with van der Waals surface area (Å²) in [4.78, 5) is 17.3. The highest BCUT2D eigenvalue weighted by atomic mass is 32.1. The molecule has 2 aromatic heterocycles. The number of nitro groups is 1. The van der Waals surface area contributed by atoms with E-state index in [1.54, 1.807) is 25.4 Å². The van der Waals surface area contributed by atoms with Gasteiger partial charge in [-0.3, -0.25) is 15.1 Å². The lowest BCUT2D eigenvalue weighted by Gasteiger charge is -2.27. The molecule has 34 heavy (non-hydrogen) atoms. The van der Waals surface area contributed by atoms with Crippen molar-refractivity contribution < 1.29 is 14.1 Å². The number of furan rings is 1. The summed E-state index contributed by atoms with van der Waals surface area (Å²) < 4.78 is 11.9. The van der Waals surface area contributed by atoms with Gasteiger partial charge >= 0.3 is 0 Å². The van der Waals surface area contributed by atoms with Crippen molar-refractivity contribution in [3.63, 3.8) is 0 Å². The van der Waals surface area contributed by atoms with E-state index in [0.29, 0.717) is 27.9 Å². The van der Waals surface area contributed by atoms with Gasteiger partial charge in [-0.25, -0.2) is 0 Å². The average molecular weight is 473 g/mol. The van der Waals surface area contributed by atoms with E-state index in [4.69, 9.17) is 21.4 Å². The van der Waals surface area contributed by atoms with Crippen LogP contribution in [0.1, 0.15) is 23.5 Å². The van der Waals surface area contributed by atoms with Crippen molar-refractivity contribution in [3.8, 4) is 17.1 Å². The van der Waals surface area contributed by atoms with Crippen LogP contribution in [-0.2, 0) is 0 Å². The molecule has 1 saturated heterocycles. The fourth-order valence-electron chi connectivity index (χ4n) is 4.17. The minimum absolute atomic E-state index is 0.00108. The van der Waals surface area contributed by atoms with Gasteiger partial charge in [0.15, 0.2) is 5.11 Å². The molecule has 0 saturated carbocycles. The number of anilines is 1. The number of benzene rings is 2. The molecule has 0 aliphatic carbocycles. The van der Waals surface area contributed by atoms with Gasteiger partial charge in [-0.1, -0.05) is 30.3 Å². The summed E-state index contributed by atoms with van der Waals surface area (Å²) in [7, 11) is 1.62. The SMILES string of the molecule is COc1ccccc1N1C(=S)N[C@H](c2ccccn2)[C@H]1c1ccc(-c2cccc([N+](=O)[O-])c2)o1. The summed E-state index contributed by atoms with van der Waals surface area (Å²) in [6, 6.07) is 22.7. The number of methoxy groups -OCH3 is 1. The maximum Gasteiger partial charge on any atom is 0.270 e. The monoisotopic (exact) mass is 472 g/mol. The van der Waals surface area contributed by atoms with Gasteiger partial charge in [-0.15, -0.1) is 0 Å². The van der Waals surface area contributed by atoms with Gasteiger partial charge < -0.3 is 19.4 Å². The summed E-state index contributed by atoms with van der Waals surface area (Å²) in [5.74, 6) is 1.83. The molecule has 1 fully saturated rings. The van der Waals surface area contributed by atoms with Gasteiger partial charge in [-0.2, -0.15) is 0 Å².